The van der Waals surface area contributed by atoms with Gasteiger partial charge in [-0.15, -0.1) is 0 Å². The van der Waals surface area contributed by atoms with Crippen LogP contribution in [0.4, 0.5) is 10.3 Å². The first kappa shape index (κ1) is 18.1. The number of H-pyrrole nitrogens is 1. The topological polar surface area (TPSA) is 96.7 Å². The van der Waals surface area contributed by atoms with Crippen LogP contribution in [0.15, 0.2) is 70.4 Å². The zero-order valence-corrected chi connectivity index (χ0v) is 15.5. The molecule has 0 aliphatic rings. The Kier molecular flexibility index (Phi) is 5.05. The van der Waals surface area contributed by atoms with Gasteiger partial charge < -0.3 is 5.32 Å². The lowest BCUT2D eigenvalue weighted by molar-refractivity contribution is 0.628. The van der Waals surface area contributed by atoms with E-state index in [4.69, 9.17) is 5.14 Å². The number of hydrogen-bond acceptors (Lipinski definition) is 6. The smallest absolute Gasteiger partial charge is 0.278 e. The Morgan fingerprint density at radius 2 is 1.75 bits per heavy atom. The molecule has 0 saturated carbocycles. The summed E-state index contributed by atoms with van der Waals surface area (Å²) in [5.74, 6) is 0.0438. The number of nitrogens with one attached hydrogen (secondary N) is 2. The summed E-state index contributed by atoms with van der Waals surface area (Å²) in [5, 5.41) is 8.63. The van der Waals surface area contributed by atoms with Crippen molar-refractivity contribution in [2.75, 3.05) is 5.32 Å². The Bertz CT molecular complexity index is 1180. The van der Waals surface area contributed by atoms with Gasteiger partial charge in [0.1, 0.15) is 5.82 Å². The van der Waals surface area contributed by atoms with Crippen LogP contribution in [0.5, 0.6) is 0 Å². The van der Waals surface area contributed by atoms with Gasteiger partial charge in [-0.25, -0.2) is 14.4 Å². The van der Waals surface area contributed by atoms with E-state index in [1.165, 1.54) is 24.1 Å². The first-order chi connectivity index (χ1) is 13.6. The molecule has 0 atom stereocenters. The van der Waals surface area contributed by atoms with Crippen LogP contribution in [0.3, 0.4) is 0 Å². The highest BCUT2D eigenvalue weighted by Crippen LogP contribution is 2.20. The van der Waals surface area contributed by atoms with Crippen molar-refractivity contribution in [1.82, 2.24) is 15.0 Å². The van der Waals surface area contributed by atoms with Gasteiger partial charge in [-0.3, -0.25) is 14.9 Å². The molecule has 4 rings (SSSR count). The number of halogens is 1. The summed E-state index contributed by atoms with van der Waals surface area (Å²) in [7, 11) is 0. The van der Waals surface area contributed by atoms with E-state index in [0.29, 0.717) is 23.7 Å². The van der Waals surface area contributed by atoms with Gasteiger partial charge >= 0.3 is 0 Å². The summed E-state index contributed by atoms with van der Waals surface area (Å²) in [6.45, 7) is 0.505. The Balaban J connectivity index is 1.58. The molecule has 4 N–H and O–H groups in total. The second-order valence-electron chi connectivity index (χ2n) is 6.10. The maximum Gasteiger partial charge on any atom is 0.278 e. The monoisotopic (exact) mass is 393 g/mol. The van der Waals surface area contributed by atoms with Gasteiger partial charge in [-0.1, -0.05) is 12.1 Å². The Morgan fingerprint density at radius 3 is 2.46 bits per heavy atom. The quantitative estimate of drug-likeness (QED) is 0.448. The normalized spacial score (nSPS) is 10.9. The molecule has 0 amide bonds. The lowest BCUT2D eigenvalue weighted by Gasteiger charge is -2.08. The van der Waals surface area contributed by atoms with E-state index in [9.17, 15) is 9.18 Å². The standard InChI is InChI=1S/C20H16FN5OS/c21-14-5-3-13(4-6-14)16-9-10-17-18(24-16)19(27)26-20(25-17)23-11-12-1-7-15(28-22)8-2-12/h1-10H,11,22H2,(H2,23,25,26,27). The summed E-state index contributed by atoms with van der Waals surface area (Å²) < 4.78 is 13.1. The molecule has 0 bridgehead atoms. The molecule has 6 nitrogen and oxygen atoms in total. The van der Waals surface area contributed by atoms with Crippen molar-refractivity contribution in [3.8, 4) is 11.3 Å². The van der Waals surface area contributed by atoms with Crippen LogP contribution in [-0.4, -0.2) is 15.0 Å². The molecule has 0 fully saturated rings. The third kappa shape index (κ3) is 3.88. The van der Waals surface area contributed by atoms with E-state index in [-0.39, 0.29) is 16.9 Å². The predicted octanol–water partition coefficient (Wildman–Crippen LogP) is 3.70. The van der Waals surface area contributed by atoms with Gasteiger partial charge in [0.25, 0.3) is 5.56 Å². The van der Waals surface area contributed by atoms with Crippen molar-refractivity contribution >= 4 is 28.9 Å². The molecular formula is C20H16FN5OS. The van der Waals surface area contributed by atoms with Crippen molar-refractivity contribution in [2.24, 2.45) is 5.14 Å². The van der Waals surface area contributed by atoms with E-state index in [2.05, 4.69) is 20.3 Å². The maximum absolute atomic E-state index is 13.1. The van der Waals surface area contributed by atoms with Crippen molar-refractivity contribution in [2.45, 2.75) is 11.4 Å². The van der Waals surface area contributed by atoms with Crippen LogP contribution >= 0.6 is 11.9 Å². The average Bonchev–Trinajstić information content (AvgIpc) is 2.73. The largest absolute Gasteiger partial charge is 0.352 e. The van der Waals surface area contributed by atoms with Crippen LogP contribution in [-0.2, 0) is 6.54 Å². The van der Waals surface area contributed by atoms with E-state index in [1.807, 2.05) is 24.3 Å². The first-order valence-corrected chi connectivity index (χ1v) is 9.37. The first-order valence-electron chi connectivity index (χ1n) is 8.49. The second-order valence-corrected chi connectivity index (χ2v) is 6.81. The van der Waals surface area contributed by atoms with E-state index < -0.39 is 0 Å². The molecular weight excluding hydrogens is 377 g/mol. The molecule has 8 heteroatoms. The molecule has 2 aromatic heterocycles. The number of rotatable bonds is 5. The molecule has 0 unspecified atom stereocenters. The van der Waals surface area contributed by atoms with Crippen LogP contribution < -0.4 is 16.0 Å². The highest BCUT2D eigenvalue weighted by molar-refractivity contribution is 7.97. The van der Waals surface area contributed by atoms with Gasteiger partial charge in [0.2, 0.25) is 5.95 Å². The Morgan fingerprint density at radius 1 is 1.00 bits per heavy atom. The molecule has 0 aliphatic carbocycles. The minimum Gasteiger partial charge on any atom is -0.352 e. The van der Waals surface area contributed by atoms with Crippen LogP contribution in [0, 0.1) is 5.82 Å². The van der Waals surface area contributed by atoms with Gasteiger partial charge in [0.15, 0.2) is 5.52 Å². The molecule has 140 valence electrons. The average molecular weight is 393 g/mol. The highest BCUT2D eigenvalue weighted by Gasteiger charge is 2.08. The highest BCUT2D eigenvalue weighted by atomic mass is 32.2. The molecule has 2 heterocycles. The van der Waals surface area contributed by atoms with E-state index in [0.717, 1.165) is 16.0 Å². The van der Waals surface area contributed by atoms with Gasteiger partial charge in [-0.2, -0.15) is 0 Å². The molecule has 2 aromatic carbocycles. The number of hydrogen-bond donors (Lipinski definition) is 3. The summed E-state index contributed by atoms with van der Waals surface area (Å²) in [6.07, 6.45) is 0. The van der Waals surface area contributed by atoms with Crippen molar-refractivity contribution in [1.29, 1.82) is 0 Å². The van der Waals surface area contributed by atoms with Crippen molar-refractivity contribution in [3.05, 3.63) is 82.4 Å². The van der Waals surface area contributed by atoms with E-state index >= 15 is 0 Å². The number of pyridine rings is 1. The minimum atomic E-state index is -0.341. The fourth-order valence-corrected chi connectivity index (χ4v) is 3.05. The lowest BCUT2D eigenvalue weighted by Crippen LogP contribution is -2.14. The number of nitrogens with two attached hydrogens (primary N) is 1. The molecule has 28 heavy (non-hydrogen) atoms. The summed E-state index contributed by atoms with van der Waals surface area (Å²) >= 11 is 1.19. The Labute approximate surface area is 164 Å². The molecule has 0 radical (unpaired) electrons. The van der Waals surface area contributed by atoms with Crippen molar-refractivity contribution < 1.29 is 4.39 Å². The van der Waals surface area contributed by atoms with Crippen LogP contribution in [0.25, 0.3) is 22.3 Å². The lowest BCUT2D eigenvalue weighted by atomic mass is 10.1. The minimum absolute atomic E-state index is 0.233. The fraction of sp³-hybridized carbons (Fsp3) is 0.0500. The zero-order valence-electron chi connectivity index (χ0n) is 14.6. The number of anilines is 1. The van der Waals surface area contributed by atoms with Crippen molar-refractivity contribution in [3.63, 3.8) is 0 Å². The van der Waals surface area contributed by atoms with Crippen LogP contribution in [0.1, 0.15) is 5.56 Å². The second kappa shape index (κ2) is 7.79. The molecule has 4 aromatic rings. The number of nitrogens with zero attached hydrogens (tertiary/aromatic N) is 2. The zero-order chi connectivity index (χ0) is 19.5. The fourth-order valence-electron chi connectivity index (χ4n) is 2.76. The van der Waals surface area contributed by atoms with E-state index in [1.54, 1.807) is 24.3 Å². The molecule has 0 aliphatic heterocycles. The molecule has 0 saturated heterocycles. The summed E-state index contributed by atoms with van der Waals surface area (Å²) in [5.41, 5.74) is 2.71. The number of aromatic amines is 1. The van der Waals surface area contributed by atoms with Gasteiger partial charge in [0, 0.05) is 17.0 Å². The third-order valence-electron chi connectivity index (χ3n) is 4.21. The third-order valence-corrected chi connectivity index (χ3v) is 4.76. The number of benzene rings is 2. The maximum atomic E-state index is 13.1. The van der Waals surface area contributed by atoms with Gasteiger partial charge in [0.05, 0.1) is 11.2 Å². The number of aromatic nitrogens is 3. The number of fused-ring (bicyclic) bond motifs is 1. The molecule has 0 spiro atoms. The van der Waals surface area contributed by atoms with Crippen LogP contribution in [0.2, 0.25) is 0 Å². The SMILES string of the molecule is NSc1ccc(CNc2nc3ccc(-c4ccc(F)cc4)nc3c(=O)[nH]2)cc1. The Hall–Kier alpha value is -3.23. The predicted molar refractivity (Wildman–Crippen MR) is 109 cm³/mol. The summed E-state index contributed by atoms with van der Waals surface area (Å²) in [6, 6.07) is 17.2. The summed E-state index contributed by atoms with van der Waals surface area (Å²) in [4.78, 5) is 24.9. The van der Waals surface area contributed by atoms with Gasteiger partial charge in [-0.05, 0) is 66.0 Å².